The van der Waals surface area contributed by atoms with E-state index < -0.39 is 5.97 Å². The largest absolute Gasteiger partial charge is 0.481 e. The highest BCUT2D eigenvalue weighted by Gasteiger charge is 2.25. The second kappa shape index (κ2) is 8.52. The lowest BCUT2D eigenvalue weighted by Gasteiger charge is -2.28. The van der Waals surface area contributed by atoms with Crippen molar-refractivity contribution in [2.45, 2.75) is 71.3 Å². The van der Waals surface area contributed by atoms with E-state index in [9.17, 15) is 4.79 Å². The number of unbranched alkanes of at least 4 members (excludes halogenated alkanes) is 1. The smallest absolute Gasteiger partial charge is 0.306 e. The Labute approximate surface area is 111 Å². The fourth-order valence-electron chi connectivity index (χ4n) is 2.82. The van der Waals surface area contributed by atoms with E-state index >= 15 is 0 Å². The zero-order valence-electron chi connectivity index (χ0n) is 12.0. The Balaban J connectivity index is 2.18. The van der Waals surface area contributed by atoms with E-state index in [4.69, 9.17) is 5.11 Å². The van der Waals surface area contributed by atoms with Crippen LogP contribution in [-0.2, 0) is 4.79 Å². The molecule has 0 aromatic rings. The fraction of sp³-hybridized carbons (Fsp3) is 0.933. The highest BCUT2D eigenvalue weighted by atomic mass is 16.4. The third-order valence-corrected chi connectivity index (χ3v) is 4.31. The zero-order chi connectivity index (χ0) is 13.4. The number of aliphatic carboxylic acids is 1. The van der Waals surface area contributed by atoms with Crippen LogP contribution in [0.15, 0.2) is 0 Å². The summed E-state index contributed by atoms with van der Waals surface area (Å²) < 4.78 is 0. The molecule has 3 heteroatoms. The molecule has 106 valence electrons. The minimum absolute atomic E-state index is 0.0925. The van der Waals surface area contributed by atoms with Gasteiger partial charge in [0.1, 0.15) is 0 Å². The predicted molar refractivity (Wildman–Crippen MR) is 74.7 cm³/mol. The average molecular weight is 255 g/mol. The van der Waals surface area contributed by atoms with Gasteiger partial charge in [-0.25, -0.2) is 0 Å². The first-order valence-corrected chi connectivity index (χ1v) is 7.63. The van der Waals surface area contributed by atoms with Crippen LogP contribution in [0.2, 0.25) is 0 Å². The predicted octanol–water partition coefficient (Wildman–Crippen LogP) is 3.44. The van der Waals surface area contributed by atoms with Gasteiger partial charge in [-0.3, -0.25) is 4.79 Å². The quantitative estimate of drug-likeness (QED) is 0.698. The van der Waals surface area contributed by atoms with Crippen LogP contribution in [0.4, 0.5) is 0 Å². The molecule has 1 aliphatic rings. The lowest BCUT2D eigenvalue weighted by Crippen LogP contribution is -2.37. The molecular weight excluding hydrogens is 226 g/mol. The maximum Gasteiger partial charge on any atom is 0.306 e. The molecule has 2 N–H and O–H groups in total. The second-order valence-electron chi connectivity index (χ2n) is 5.71. The Morgan fingerprint density at radius 2 is 1.94 bits per heavy atom. The van der Waals surface area contributed by atoms with Crippen molar-refractivity contribution in [2.24, 2.45) is 11.8 Å². The minimum Gasteiger partial charge on any atom is -0.481 e. The summed E-state index contributed by atoms with van der Waals surface area (Å²) in [4.78, 5) is 10.9. The summed E-state index contributed by atoms with van der Waals surface area (Å²) in [5.41, 5.74) is 0. The number of hydrogen-bond acceptors (Lipinski definition) is 2. The zero-order valence-corrected chi connectivity index (χ0v) is 12.0. The molecule has 1 saturated carbocycles. The first-order valence-electron chi connectivity index (χ1n) is 7.63. The van der Waals surface area contributed by atoms with Gasteiger partial charge in [-0.1, -0.05) is 33.1 Å². The summed E-state index contributed by atoms with van der Waals surface area (Å²) in [6.07, 6.45) is 8.92. The van der Waals surface area contributed by atoms with Gasteiger partial charge in [0.2, 0.25) is 0 Å². The summed E-state index contributed by atoms with van der Waals surface area (Å²) in [7, 11) is 0. The lowest BCUT2D eigenvalue weighted by molar-refractivity contribution is -0.142. The third kappa shape index (κ3) is 5.38. The van der Waals surface area contributed by atoms with Gasteiger partial charge in [-0.15, -0.1) is 0 Å². The van der Waals surface area contributed by atoms with E-state index in [2.05, 4.69) is 19.2 Å². The molecule has 0 radical (unpaired) electrons. The molecule has 1 fully saturated rings. The van der Waals surface area contributed by atoms with Gasteiger partial charge in [0.05, 0.1) is 5.92 Å². The van der Waals surface area contributed by atoms with Crippen LogP contribution in [0.25, 0.3) is 0 Å². The number of carboxylic acid groups (broad SMARTS) is 1. The van der Waals surface area contributed by atoms with E-state index in [0.717, 1.165) is 38.1 Å². The summed E-state index contributed by atoms with van der Waals surface area (Å²) in [5, 5.41) is 12.6. The van der Waals surface area contributed by atoms with Crippen molar-refractivity contribution in [1.82, 2.24) is 5.32 Å². The lowest BCUT2D eigenvalue weighted by atomic mass is 9.86. The summed E-state index contributed by atoms with van der Waals surface area (Å²) in [5.74, 6) is 0.0927. The number of rotatable bonds is 8. The van der Waals surface area contributed by atoms with E-state index in [1.165, 1.54) is 25.7 Å². The van der Waals surface area contributed by atoms with Crippen molar-refractivity contribution in [3.63, 3.8) is 0 Å². The molecule has 1 aliphatic carbocycles. The Morgan fingerprint density at radius 3 is 2.44 bits per heavy atom. The Bertz CT molecular complexity index is 235. The molecule has 0 aromatic heterocycles. The van der Waals surface area contributed by atoms with Crippen molar-refractivity contribution >= 4 is 5.97 Å². The summed E-state index contributed by atoms with van der Waals surface area (Å²) in [6.45, 7) is 5.62. The molecule has 18 heavy (non-hydrogen) atoms. The van der Waals surface area contributed by atoms with Gasteiger partial charge in [0.25, 0.3) is 0 Å². The number of hydrogen-bond donors (Lipinski definition) is 2. The van der Waals surface area contributed by atoms with Crippen LogP contribution < -0.4 is 5.32 Å². The minimum atomic E-state index is -0.608. The van der Waals surface area contributed by atoms with Crippen LogP contribution in [0.5, 0.6) is 0 Å². The van der Waals surface area contributed by atoms with E-state index in [0.29, 0.717) is 6.04 Å². The van der Waals surface area contributed by atoms with E-state index in [1.54, 1.807) is 0 Å². The molecule has 1 atom stereocenters. The maximum absolute atomic E-state index is 10.9. The average Bonchev–Trinajstić information content (AvgIpc) is 2.39. The van der Waals surface area contributed by atoms with Crippen LogP contribution in [-0.4, -0.2) is 23.7 Å². The molecule has 1 unspecified atom stereocenters. The Hall–Kier alpha value is -0.570. The summed E-state index contributed by atoms with van der Waals surface area (Å²) >= 11 is 0. The van der Waals surface area contributed by atoms with Crippen LogP contribution in [0.3, 0.4) is 0 Å². The first-order chi connectivity index (χ1) is 8.67. The number of carboxylic acids is 1. The van der Waals surface area contributed by atoms with Gasteiger partial charge in [0.15, 0.2) is 0 Å². The third-order valence-electron chi connectivity index (χ3n) is 4.31. The molecule has 3 nitrogen and oxygen atoms in total. The molecule has 1 rings (SSSR count). The van der Waals surface area contributed by atoms with Gasteiger partial charge >= 0.3 is 5.97 Å². The Morgan fingerprint density at radius 1 is 1.28 bits per heavy atom. The molecule has 0 bridgehead atoms. The van der Waals surface area contributed by atoms with Crippen molar-refractivity contribution in [3.05, 3.63) is 0 Å². The van der Waals surface area contributed by atoms with Crippen molar-refractivity contribution in [3.8, 4) is 0 Å². The fourth-order valence-corrected chi connectivity index (χ4v) is 2.82. The molecule has 0 spiro atoms. The highest BCUT2D eigenvalue weighted by molar-refractivity contribution is 5.70. The maximum atomic E-state index is 10.9. The molecule has 0 aromatic carbocycles. The van der Waals surface area contributed by atoms with Gasteiger partial charge < -0.3 is 10.4 Å². The standard InChI is InChI=1S/C15H29NO2/c1-3-5-6-12(4-2)11-16-14-9-7-13(8-10-14)15(17)18/h12-14,16H,3-11H2,1-2H3,(H,17,18). The molecule has 0 aliphatic heterocycles. The van der Waals surface area contributed by atoms with Crippen molar-refractivity contribution < 1.29 is 9.90 Å². The van der Waals surface area contributed by atoms with Crippen LogP contribution >= 0.6 is 0 Å². The second-order valence-corrected chi connectivity index (χ2v) is 5.71. The van der Waals surface area contributed by atoms with Crippen LogP contribution in [0, 0.1) is 11.8 Å². The Kier molecular flexibility index (Phi) is 7.33. The van der Waals surface area contributed by atoms with Crippen LogP contribution in [0.1, 0.15) is 65.2 Å². The van der Waals surface area contributed by atoms with Crippen molar-refractivity contribution in [2.75, 3.05) is 6.54 Å². The van der Waals surface area contributed by atoms with Gasteiger partial charge in [0, 0.05) is 6.04 Å². The topological polar surface area (TPSA) is 49.3 Å². The molecule has 0 saturated heterocycles. The molecular formula is C15H29NO2. The number of nitrogens with one attached hydrogen (secondary N) is 1. The molecule has 0 amide bonds. The normalized spacial score (nSPS) is 25.9. The summed E-state index contributed by atoms with van der Waals surface area (Å²) in [6, 6.07) is 0.552. The van der Waals surface area contributed by atoms with E-state index in [1.807, 2.05) is 0 Å². The van der Waals surface area contributed by atoms with Gasteiger partial charge in [-0.2, -0.15) is 0 Å². The number of carbonyl (C=O) groups is 1. The molecule has 0 heterocycles. The van der Waals surface area contributed by atoms with Gasteiger partial charge in [-0.05, 0) is 44.6 Å². The highest BCUT2D eigenvalue weighted by Crippen LogP contribution is 2.24. The van der Waals surface area contributed by atoms with E-state index in [-0.39, 0.29) is 5.92 Å². The first kappa shape index (κ1) is 15.5. The SMILES string of the molecule is CCCCC(CC)CNC1CCC(C(=O)O)CC1. The van der Waals surface area contributed by atoms with Crippen molar-refractivity contribution in [1.29, 1.82) is 0 Å². The monoisotopic (exact) mass is 255 g/mol.